The highest BCUT2D eigenvalue weighted by atomic mass is 19.3. The molecule has 3 aromatic carbocycles. The summed E-state index contributed by atoms with van der Waals surface area (Å²) in [4.78, 5) is 53.6. The summed E-state index contributed by atoms with van der Waals surface area (Å²) in [7, 11) is 3.59. The molecule has 4 aromatic heterocycles. The van der Waals surface area contributed by atoms with Crippen LogP contribution in [0.5, 0.6) is 0 Å². The fourth-order valence-corrected chi connectivity index (χ4v) is 16.5. The number of hydrogen-bond donors (Lipinski definition) is 2. The molecule has 17 nitrogen and oxygen atoms in total. The Morgan fingerprint density at radius 3 is 2.18 bits per heavy atom. The van der Waals surface area contributed by atoms with E-state index in [1.54, 1.807) is 67.4 Å². The van der Waals surface area contributed by atoms with Crippen molar-refractivity contribution in [2.24, 2.45) is 24.8 Å². The number of hydrogen-bond acceptors (Lipinski definition) is 11. The molecule has 7 aliphatic rings. The van der Waals surface area contributed by atoms with Crippen molar-refractivity contribution in [3.63, 3.8) is 0 Å². The summed E-state index contributed by atoms with van der Waals surface area (Å²) in [5, 5.41) is 27.8. The van der Waals surface area contributed by atoms with E-state index in [9.17, 15) is 19.5 Å². The van der Waals surface area contributed by atoms with Crippen molar-refractivity contribution < 1.29 is 37.1 Å². The monoisotopic (exact) mass is 1240 g/mol. The molecule has 2 unspecified atom stereocenters. The van der Waals surface area contributed by atoms with Gasteiger partial charge in [0.15, 0.2) is 5.82 Å². The third kappa shape index (κ3) is 11.9. The van der Waals surface area contributed by atoms with E-state index >= 15 is 17.6 Å². The first kappa shape index (κ1) is 60.6. The van der Waals surface area contributed by atoms with Gasteiger partial charge in [-0.05, 0) is 198 Å². The van der Waals surface area contributed by atoms with Gasteiger partial charge in [-0.3, -0.25) is 33.5 Å². The highest BCUT2D eigenvalue weighted by Crippen LogP contribution is 2.49. The Morgan fingerprint density at radius 2 is 1.47 bits per heavy atom. The van der Waals surface area contributed by atoms with E-state index in [0.717, 1.165) is 148 Å². The van der Waals surface area contributed by atoms with E-state index in [4.69, 9.17) is 10.1 Å². The molecule has 21 heteroatoms. The van der Waals surface area contributed by atoms with Gasteiger partial charge < -0.3 is 30.0 Å². The fourth-order valence-electron chi connectivity index (χ4n) is 16.5. The summed E-state index contributed by atoms with van der Waals surface area (Å²) in [6.45, 7) is 7.24. The van der Waals surface area contributed by atoms with E-state index in [1.807, 2.05) is 46.0 Å². The molecular weight excluding hydrogens is 1160 g/mol. The molecule has 6 aliphatic heterocycles. The lowest BCUT2D eigenvalue weighted by Crippen LogP contribution is -2.54. The van der Waals surface area contributed by atoms with Crippen LogP contribution < -0.4 is 20.0 Å². The minimum Gasteiger partial charge on any atom is -0.478 e. The van der Waals surface area contributed by atoms with Crippen LogP contribution in [0.3, 0.4) is 0 Å². The Labute approximate surface area is 528 Å². The number of rotatable bonds is 15. The van der Waals surface area contributed by atoms with Crippen molar-refractivity contribution in [1.29, 1.82) is 0 Å². The van der Waals surface area contributed by atoms with Crippen molar-refractivity contribution in [1.82, 2.24) is 49.4 Å². The maximum Gasteiger partial charge on any atom is 0.338 e. The Bertz CT molecular complexity index is 3860. The number of likely N-dealkylation sites (tertiary alicyclic amines) is 1. The van der Waals surface area contributed by atoms with Crippen LogP contribution in [0.15, 0.2) is 85.5 Å². The molecule has 0 spiro atoms. The quantitative estimate of drug-likeness (QED) is 0.0935. The van der Waals surface area contributed by atoms with Crippen LogP contribution in [0.4, 0.5) is 46.1 Å². The predicted octanol–water partition coefficient (Wildman–Crippen LogP) is 12.4. The van der Waals surface area contributed by atoms with Gasteiger partial charge in [-0.2, -0.15) is 15.3 Å². The van der Waals surface area contributed by atoms with E-state index in [0.29, 0.717) is 98.1 Å². The number of anilines is 5. The molecule has 1 saturated carbocycles. The number of alkyl halides is 4. The van der Waals surface area contributed by atoms with Gasteiger partial charge in [0.05, 0.1) is 36.1 Å². The second-order valence-corrected chi connectivity index (χ2v) is 26.7. The number of aromatic nitrogens is 7. The van der Waals surface area contributed by atoms with Crippen molar-refractivity contribution in [2.45, 2.75) is 147 Å². The van der Waals surface area contributed by atoms with Crippen LogP contribution in [0.25, 0.3) is 22.4 Å². The average Bonchev–Trinajstić information content (AvgIpc) is 1.83. The molecule has 10 heterocycles. The maximum atomic E-state index is 15.8. The summed E-state index contributed by atoms with van der Waals surface area (Å²) in [5.74, 6) is 0.642. The number of benzene rings is 3. The fraction of sp³-hybridized carbons (Fsp3) is 0.500. The lowest BCUT2D eigenvalue weighted by atomic mass is 9.72. The van der Waals surface area contributed by atoms with Crippen LogP contribution in [0, 0.1) is 17.8 Å². The topological polar surface area (TPSA) is 166 Å². The number of piperidine rings is 2. The largest absolute Gasteiger partial charge is 0.478 e. The molecule has 1 aliphatic carbocycles. The molecule has 14 rings (SSSR count). The smallest absolute Gasteiger partial charge is 0.338 e. The zero-order valence-electron chi connectivity index (χ0n) is 52.2. The second kappa shape index (κ2) is 25.3. The minimum absolute atomic E-state index is 0.0126. The number of halogens is 4. The number of amides is 2. The first-order chi connectivity index (χ1) is 44.1. The Kier molecular flexibility index (Phi) is 16.9. The molecule has 0 radical (unpaired) electrons. The van der Waals surface area contributed by atoms with Crippen LogP contribution in [0.1, 0.15) is 158 Å². The standard InChI is InChI=1S/C70H81F4N13O4/c1-42(88)83-30-23-62-59(41-83)69(84-26-4-5-45-33-56(60-22-27-80(2)78-60)58(68(73)74)36-63(45)84)79-87(62)53-20-28-82(29-21-53)66(44-8-13-52(14-9-44)86-40-50(38-77-86)70(90)91)49-31-48-34-55(47-7-12-51(76-37-47)11-6-43-18-24-75-25-19-43)57(67(71)72)35-64(48)85(39-49)54-15-16-61-46(32-54)10-17-65(89)81(61)3/h7,12,15-16,22,27,32-38,40,43-44,49,52-53,66-68,75H,4-6,8-11,13-14,17-21,23-26,28-31,39,41H2,1-3H3,(H,90,91). The highest BCUT2D eigenvalue weighted by Gasteiger charge is 2.44. The van der Waals surface area contributed by atoms with Gasteiger partial charge in [-0.25, -0.2) is 22.4 Å². The van der Waals surface area contributed by atoms with E-state index in [1.165, 1.54) is 6.20 Å². The Hall–Kier alpha value is -7.91. The normalized spacial score (nSPS) is 21.3. The Balaban J connectivity index is 0.811. The van der Waals surface area contributed by atoms with Crippen LogP contribution in [-0.4, -0.2) is 126 Å². The third-order valence-electron chi connectivity index (χ3n) is 21.4. The molecule has 2 amide bonds. The summed E-state index contributed by atoms with van der Waals surface area (Å²) in [5.41, 5.74) is 11.3. The lowest BCUT2D eigenvalue weighted by molar-refractivity contribution is -0.129. The number of nitrogens with zero attached hydrogens (tertiary/aromatic N) is 12. The molecule has 3 fully saturated rings. The van der Waals surface area contributed by atoms with Gasteiger partial charge in [-0.15, -0.1) is 0 Å². The van der Waals surface area contributed by atoms with E-state index < -0.39 is 18.8 Å². The van der Waals surface area contributed by atoms with Crippen LogP contribution >= 0.6 is 0 Å². The SMILES string of the molecule is CC(=O)N1CCc2c(c(N3CCCc4cc(-c5ccn(C)n5)c(C(F)F)cc43)nn2C2CCN(C(C3CCC(n4cc(C(=O)O)cn4)CC3)C3Cc4cc(-c5ccc(CCC6CCNCC6)nc5)c(C(F)F)cc4N(c4ccc5c(c4)CCC(=O)N5C)C3)CC2)C1. The first-order valence-corrected chi connectivity index (χ1v) is 33.0. The van der Waals surface area contributed by atoms with Gasteiger partial charge in [0.25, 0.3) is 12.9 Å². The van der Waals surface area contributed by atoms with Crippen molar-refractivity contribution >= 4 is 46.4 Å². The average molecular weight is 1240 g/mol. The molecule has 2 saturated heterocycles. The third-order valence-corrected chi connectivity index (χ3v) is 21.4. The summed E-state index contributed by atoms with van der Waals surface area (Å²) in [6, 6.07) is 19.3. The minimum atomic E-state index is -2.75. The molecule has 478 valence electrons. The van der Waals surface area contributed by atoms with E-state index in [2.05, 4.69) is 41.0 Å². The predicted molar refractivity (Wildman–Crippen MR) is 341 cm³/mol. The summed E-state index contributed by atoms with van der Waals surface area (Å²) in [6.07, 6.45) is 14.0. The zero-order valence-corrected chi connectivity index (χ0v) is 52.2. The molecule has 91 heavy (non-hydrogen) atoms. The molecule has 2 N–H and O–H groups in total. The number of carbonyl (C=O) groups is 3. The van der Waals surface area contributed by atoms with Crippen molar-refractivity contribution in [3.05, 3.63) is 136 Å². The number of carboxylic acids is 1. The lowest BCUT2D eigenvalue weighted by Gasteiger charge is -2.49. The number of pyridine rings is 1. The number of aryl methyl sites for hydroxylation is 4. The van der Waals surface area contributed by atoms with Gasteiger partial charge in [0, 0.05) is 153 Å². The number of aromatic carboxylic acids is 1. The van der Waals surface area contributed by atoms with Gasteiger partial charge in [-0.1, -0.05) is 6.07 Å². The van der Waals surface area contributed by atoms with Crippen LogP contribution in [-0.2, 0) is 55.3 Å². The first-order valence-electron chi connectivity index (χ1n) is 33.0. The number of fused-ring (bicyclic) bond motifs is 4. The summed E-state index contributed by atoms with van der Waals surface area (Å²) >= 11 is 0. The maximum absolute atomic E-state index is 15.8. The van der Waals surface area contributed by atoms with Gasteiger partial charge >= 0.3 is 5.97 Å². The second-order valence-electron chi connectivity index (χ2n) is 26.7. The summed E-state index contributed by atoms with van der Waals surface area (Å²) < 4.78 is 67.6. The van der Waals surface area contributed by atoms with Gasteiger partial charge in [0.2, 0.25) is 11.8 Å². The van der Waals surface area contributed by atoms with Crippen LogP contribution in [0.2, 0.25) is 0 Å². The van der Waals surface area contributed by atoms with Gasteiger partial charge in [0.1, 0.15) is 0 Å². The molecule has 7 aromatic rings. The highest BCUT2D eigenvalue weighted by molar-refractivity contribution is 5.96. The van der Waals surface area contributed by atoms with Crippen molar-refractivity contribution in [3.8, 4) is 22.4 Å². The van der Waals surface area contributed by atoms with E-state index in [-0.39, 0.29) is 58.5 Å². The molecule has 0 bridgehead atoms. The number of nitrogens with one attached hydrogen (secondary N) is 1. The number of carbonyl (C=O) groups excluding carboxylic acids is 2. The van der Waals surface area contributed by atoms with Crippen molar-refractivity contribution in [2.75, 3.05) is 67.6 Å². The molecule has 2 atom stereocenters. The molecular formula is C70H81F4N13O4. The Morgan fingerprint density at radius 1 is 0.725 bits per heavy atom. The number of carboxylic acid groups (broad SMARTS) is 1. The zero-order chi connectivity index (χ0) is 62.8.